The molecule has 0 radical (unpaired) electrons. The molecule has 2 heterocycles. The molecule has 1 unspecified atom stereocenters. The number of rotatable bonds is 0. The molecule has 0 aromatic heterocycles. The van der Waals surface area contributed by atoms with Crippen molar-refractivity contribution in [3.05, 3.63) is 0 Å². The van der Waals surface area contributed by atoms with Crippen LogP contribution in [0.5, 0.6) is 0 Å². The van der Waals surface area contributed by atoms with Crippen molar-refractivity contribution in [3.8, 4) is 0 Å². The number of hydrogen-bond donors (Lipinski definition) is 0. The molecule has 0 amide bonds. The summed E-state index contributed by atoms with van der Waals surface area (Å²) in [5, 5.41) is -1.37. The van der Waals surface area contributed by atoms with Gasteiger partial charge in [-0.05, 0) is 0 Å². The van der Waals surface area contributed by atoms with Gasteiger partial charge in [0.05, 0.1) is 0 Å². The summed E-state index contributed by atoms with van der Waals surface area (Å²) in [5.41, 5.74) is 0. The summed E-state index contributed by atoms with van der Waals surface area (Å²) >= 11 is 2.53. The number of hydrogen-bond acceptors (Lipinski definition) is 2. The molecule has 0 spiro atoms. The van der Waals surface area contributed by atoms with Crippen LogP contribution in [0.4, 0.5) is 0 Å². The quantitative estimate of drug-likeness (QED) is 0.494. The predicted molar refractivity (Wildman–Crippen MR) is 53.9 cm³/mol. The van der Waals surface area contributed by atoms with Gasteiger partial charge in [0.25, 0.3) is 0 Å². The molecule has 0 bridgehead atoms. The van der Waals surface area contributed by atoms with Crippen LogP contribution in [0.25, 0.3) is 0 Å². The Morgan fingerprint density at radius 2 is 2.50 bits per heavy atom. The molecule has 60 valence electrons. The third kappa shape index (κ3) is 1.11. The van der Waals surface area contributed by atoms with Crippen LogP contribution in [0.15, 0.2) is 0 Å². The second-order valence-electron chi connectivity index (χ2n) is 3.17. The van der Waals surface area contributed by atoms with Gasteiger partial charge in [-0.1, -0.05) is 0 Å². The molecule has 2 nitrogen and oxygen atoms in total. The summed E-state index contributed by atoms with van der Waals surface area (Å²) in [6, 6.07) is 0.786. The molecule has 0 saturated carbocycles. The first-order valence-electron chi connectivity index (χ1n) is 3.80. The molecular weight excluding hydrogens is 260 g/mol. The summed E-state index contributed by atoms with van der Waals surface area (Å²) in [6.45, 7) is 4.58. The van der Waals surface area contributed by atoms with E-state index in [0.29, 0.717) is 0 Å². The second kappa shape index (κ2) is 2.54. The Morgan fingerprint density at radius 3 is 3.20 bits per heavy atom. The molecule has 4 heteroatoms. The van der Waals surface area contributed by atoms with Crippen molar-refractivity contribution >= 4 is 27.3 Å². The maximum atomic E-state index is 5.76. The second-order valence-corrected chi connectivity index (χ2v) is 11.8. The van der Waals surface area contributed by atoms with E-state index in [9.17, 15) is 0 Å². The molecule has 1 atom stereocenters. The van der Waals surface area contributed by atoms with Gasteiger partial charge in [-0.25, -0.2) is 0 Å². The Labute approximate surface area is 75.3 Å². The summed E-state index contributed by atoms with van der Waals surface area (Å²) in [7, 11) is 0. The topological polar surface area (TPSA) is 12.5 Å². The molecule has 10 heavy (non-hydrogen) atoms. The van der Waals surface area contributed by atoms with Crippen molar-refractivity contribution in [1.82, 2.24) is 4.67 Å². The van der Waals surface area contributed by atoms with Crippen LogP contribution < -0.4 is 0 Å². The standard InChI is InChI=1S/C6H13INOP/c1-10(7)8-4-2-3-6(8)5-9-10/h6,10H,2-5H2,1H3. The zero-order chi connectivity index (χ0) is 7.19. The van der Waals surface area contributed by atoms with Crippen LogP contribution in [0, 0.1) is 0 Å². The summed E-state index contributed by atoms with van der Waals surface area (Å²) in [4.78, 5) is 0. The van der Waals surface area contributed by atoms with Gasteiger partial charge in [0.1, 0.15) is 0 Å². The van der Waals surface area contributed by atoms with Crippen molar-refractivity contribution in [2.45, 2.75) is 18.9 Å². The predicted octanol–water partition coefficient (Wildman–Crippen LogP) is 2.04. The minimum absolute atomic E-state index is 0.786. The van der Waals surface area contributed by atoms with Crippen LogP contribution in [-0.2, 0) is 4.52 Å². The van der Waals surface area contributed by atoms with Gasteiger partial charge in [0.15, 0.2) is 0 Å². The van der Waals surface area contributed by atoms with Crippen LogP contribution in [-0.4, -0.2) is 30.5 Å². The van der Waals surface area contributed by atoms with E-state index in [1.165, 1.54) is 19.4 Å². The van der Waals surface area contributed by atoms with Gasteiger partial charge >= 0.3 is 75.2 Å². The molecule has 0 aliphatic carbocycles. The fraction of sp³-hybridized carbons (Fsp3) is 1.00. The molecule has 2 aliphatic heterocycles. The van der Waals surface area contributed by atoms with E-state index in [1.54, 1.807) is 0 Å². The van der Waals surface area contributed by atoms with Gasteiger partial charge in [0, 0.05) is 0 Å². The number of fused-ring (bicyclic) bond motifs is 1. The Morgan fingerprint density at radius 1 is 1.70 bits per heavy atom. The normalized spacial score (nSPS) is 41.6. The molecule has 2 rings (SSSR count). The molecule has 2 aliphatic rings. The summed E-state index contributed by atoms with van der Waals surface area (Å²) in [6.07, 6.45) is 2.76. The van der Waals surface area contributed by atoms with E-state index < -0.39 is 5.28 Å². The van der Waals surface area contributed by atoms with Crippen molar-refractivity contribution in [1.29, 1.82) is 0 Å². The van der Waals surface area contributed by atoms with E-state index in [2.05, 4.69) is 33.4 Å². The van der Waals surface area contributed by atoms with Gasteiger partial charge in [-0.15, -0.1) is 0 Å². The van der Waals surface area contributed by atoms with Crippen molar-refractivity contribution in [3.63, 3.8) is 0 Å². The summed E-state index contributed by atoms with van der Waals surface area (Å²) in [5.74, 6) is 0. The van der Waals surface area contributed by atoms with Crippen LogP contribution >= 0.6 is 27.3 Å². The number of halogens is 1. The zero-order valence-corrected chi connectivity index (χ0v) is 9.30. The first-order chi connectivity index (χ1) is 4.70. The van der Waals surface area contributed by atoms with E-state index in [-0.39, 0.29) is 0 Å². The fourth-order valence-electron chi connectivity index (χ4n) is 1.87. The molecule has 2 fully saturated rings. The van der Waals surface area contributed by atoms with Gasteiger partial charge < -0.3 is 0 Å². The minimum atomic E-state index is -1.37. The summed E-state index contributed by atoms with van der Waals surface area (Å²) < 4.78 is 8.36. The average Bonchev–Trinajstić information content (AvgIpc) is 2.36. The maximum absolute atomic E-state index is 5.76. The Bertz CT molecular complexity index is 153. The molecule has 2 saturated heterocycles. The van der Waals surface area contributed by atoms with Crippen LogP contribution in [0.2, 0.25) is 0 Å². The van der Waals surface area contributed by atoms with Gasteiger partial charge in [-0.2, -0.15) is 0 Å². The van der Waals surface area contributed by atoms with Crippen molar-refractivity contribution < 1.29 is 4.52 Å². The van der Waals surface area contributed by atoms with E-state index in [4.69, 9.17) is 4.52 Å². The first-order valence-corrected chi connectivity index (χ1v) is 9.27. The van der Waals surface area contributed by atoms with Crippen molar-refractivity contribution in [2.75, 3.05) is 19.8 Å². The Hall–Kier alpha value is 1.08. The van der Waals surface area contributed by atoms with Crippen LogP contribution in [0.1, 0.15) is 12.8 Å². The van der Waals surface area contributed by atoms with Gasteiger partial charge in [-0.3, -0.25) is 0 Å². The molecule has 0 aromatic rings. The van der Waals surface area contributed by atoms with E-state index in [1.807, 2.05) is 0 Å². The van der Waals surface area contributed by atoms with E-state index >= 15 is 0 Å². The van der Waals surface area contributed by atoms with Crippen LogP contribution in [0.3, 0.4) is 0 Å². The van der Waals surface area contributed by atoms with Crippen molar-refractivity contribution in [2.24, 2.45) is 0 Å². The SMILES string of the molecule is C[PH]1(I)OCC2CCCN21. The fourth-order valence-corrected chi connectivity index (χ4v) is 6.39. The molecule has 0 aromatic carbocycles. The number of nitrogens with zero attached hydrogens (tertiary/aromatic N) is 1. The zero-order valence-electron chi connectivity index (χ0n) is 6.14. The molecular formula is C6H13INOP. The monoisotopic (exact) mass is 273 g/mol. The Kier molecular flexibility index (Phi) is 1.96. The van der Waals surface area contributed by atoms with E-state index in [0.717, 1.165) is 12.6 Å². The average molecular weight is 273 g/mol. The third-order valence-electron chi connectivity index (χ3n) is 2.43. The van der Waals surface area contributed by atoms with Gasteiger partial charge in [0.2, 0.25) is 0 Å². The first kappa shape index (κ1) is 7.71. The Balaban J connectivity index is 2.16. The third-order valence-corrected chi connectivity index (χ3v) is 7.53. The molecule has 0 N–H and O–H groups in total.